The number of benzene rings is 2. The molecule has 2 aromatic carbocycles. The quantitative estimate of drug-likeness (QED) is 0.468. The van der Waals surface area contributed by atoms with Gasteiger partial charge in [0.25, 0.3) is 0 Å². The molecule has 1 N–H and O–H groups in total. The second-order valence-corrected chi connectivity index (χ2v) is 8.37. The summed E-state index contributed by atoms with van der Waals surface area (Å²) in [6.45, 7) is 6.00. The van der Waals surface area contributed by atoms with Gasteiger partial charge in [0.2, 0.25) is 11.8 Å². The van der Waals surface area contributed by atoms with Gasteiger partial charge in [-0.1, -0.05) is 29.4 Å². The highest BCUT2D eigenvalue weighted by Gasteiger charge is 2.35. The van der Waals surface area contributed by atoms with Gasteiger partial charge in [-0.2, -0.15) is 0 Å². The molecule has 166 valence electrons. The lowest BCUT2D eigenvalue weighted by molar-refractivity contribution is -0.129. The van der Waals surface area contributed by atoms with Gasteiger partial charge in [0.05, 0.1) is 17.9 Å². The van der Waals surface area contributed by atoms with Gasteiger partial charge < -0.3 is 10.1 Å². The zero-order valence-electron chi connectivity index (χ0n) is 17.4. The second kappa shape index (κ2) is 11.0. The van der Waals surface area contributed by atoms with Crippen molar-refractivity contribution in [2.45, 2.75) is 18.6 Å². The molecular weight excluding hydrogens is 450 g/mol. The lowest BCUT2D eigenvalue weighted by atomic mass is 10.2. The minimum atomic E-state index is -0.642. The molecule has 3 rings (SSSR count). The molecule has 2 amide bonds. The molecule has 32 heavy (non-hydrogen) atoms. The number of nitrogens with one attached hydrogen (secondary N) is 1. The van der Waals surface area contributed by atoms with Gasteiger partial charge in [-0.05, 0) is 55.5 Å². The number of hydrogen-bond donors (Lipinski definition) is 1. The Hall–Kier alpha value is -3.10. The third-order valence-electron chi connectivity index (χ3n) is 4.46. The monoisotopic (exact) mass is 471 g/mol. The molecule has 1 unspecified atom stereocenters. The number of amides is 2. The van der Waals surface area contributed by atoms with Crippen LogP contribution in [0.2, 0.25) is 5.02 Å². The minimum absolute atomic E-state index is 0.0404. The van der Waals surface area contributed by atoms with E-state index in [0.29, 0.717) is 27.1 Å². The van der Waals surface area contributed by atoms with Crippen molar-refractivity contribution in [3.63, 3.8) is 0 Å². The summed E-state index contributed by atoms with van der Waals surface area (Å²) in [5.41, 5.74) is 1.54. The first kappa shape index (κ1) is 23.6. The van der Waals surface area contributed by atoms with Crippen LogP contribution in [0.3, 0.4) is 0 Å². The standard InChI is InChI=1S/C23H22ClN3O4S/c1-3-13-27-20(28)14-19(21(29)25-17-11-7-16(24)8-12-17)32-23(27)26-18-9-5-15(6-10-18)22(30)31-4-2/h3,5-12,19H,1,4,13-14H2,2H3,(H,25,29). The van der Waals surface area contributed by atoms with E-state index in [2.05, 4.69) is 16.9 Å². The molecule has 1 saturated heterocycles. The van der Waals surface area contributed by atoms with E-state index in [1.54, 1.807) is 61.5 Å². The number of halogens is 1. The van der Waals surface area contributed by atoms with Gasteiger partial charge in [-0.3, -0.25) is 14.5 Å². The van der Waals surface area contributed by atoms with Gasteiger partial charge in [0, 0.05) is 23.7 Å². The van der Waals surface area contributed by atoms with E-state index in [4.69, 9.17) is 16.3 Å². The van der Waals surface area contributed by atoms with Crippen LogP contribution in [-0.4, -0.2) is 46.3 Å². The Morgan fingerprint density at radius 1 is 1.25 bits per heavy atom. The van der Waals surface area contributed by atoms with Gasteiger partial charge in [-0.15, -0.1) is 6.58 Å². The third kappa shape index (κ3) is 5.99. The number of rotatable bonds is 7. The summed E-state index contributed by atoms with van der Waals surface area (Å²) >= 11 is 7.09. The van der Waals surface area contributed by atoms with E-state index in [0.717, 1.165) is 0 Å². The summed E-state index contributed by atoms with van der Waals surface area (Å²) in [4.78, 5) is 43.4. The number of hydrogen-bond acceptors (Lipinski definition) is 6. The number of anilines is 1. The molecule has 9 heteroatoms. The zero-order chi connectivity index (χ0) is 23.1. The average Bonchev–Trinajstić information content (AvgIpc) is 2.78. The Bertz CT molecular complexity index is 1040. The fourth-order valence-corrected chi connectivity index (χ4v) is 4.14. The van der Waals surface area contributed by atoms with Crippen LogP contribution in [-0.2, 0) is 14.3 Å². The SMILES string of the molecule is C=CCN1C(=O)CC(C(=O)Nc2ccc(Cl)cc2)SC1=Nc1ccc(C(=O)OCC)cc1. The molecule has 1 aliphatic heterocycles. The van der Waals surface area contributed by atoms with Gasteiger partial charge in [0.1, 0.15) is 5.25 Å². The Kier molecular flexibility index (Phi) is 8.08. The Labute approximate surface area is 195 Å². The zero-order valence-corrected chi connectivity index (χ0v) is 19.0. The largest absolute Gasteiger partial charge is 0.462 e. The van der Waals surface area contributed by atoms with Crippen LogP contribution in [0, 0.1) is 0 Å². The lowest BCUT2D eigenvalue weighted by Crippen LogP contribution is -2.45. The van der Waals surface area contributed by atoms with E-state index < -0.39 is 11.2 Å². The van der Waals surface area contributed by atoms with Crippen LogP contribution < -0.4 is 5.32 Å². The number of aliphatic imine (C=N–C) groups is 1. The van der Waals surface area contributed by atoms with Crippen LogP contribution >= 0.6 is 23.4 Å². The van der Waals surface area contributed by atoms with Crippen molar-refractivity contribution in [1.29, 1.82) is 0 Å². The number of carbonyl (C=O) groups is 3. The Balaban J connectivity index is 1.80. The second-order valence-electron chi connectivity index (χ2n) is 6.76. The first-order valence-electron chi connectivity index (χ1n) is 9.91. The molecule has 0 radical (unpaired) electrons. The van der Waals surface area contributed by atoms with E-state index in [1.165, 1.54) is 16.7 Å². The van der Waals surface area contributed by atoms with Crippen molar-refractivity contribution in [3.05, 3.63) is 71.8 Å². The molecular formula is C23H22ClN3O4S. The molecule has 1 fully saturated rings. The molecule has 0 aromatic heterocycles. The van der Waals surface area contributed by atoms with Crippen molar-refractivity contribution < 1.29 is 19.1 Å². The normalized spacial score (nSPS) is 17.2. The molecule has 1 heterocycles. The molecule has 7 nitrogen and oxygen atoms in total. The summed E-state index contributed by atoms with van der Waals surface area (Å²) in [6, 6.07) is 13.3. The highest BCUT2D eigenvalue weighted by molar-refractivity contribution is 8.15. The topological polar surface area (TPSA) is 88.1 Å². The number of amidine groups is 1. The summed E-state index contributed by atoms with van der Waals surface area (Å²) < 4.78 is 4.98. The van der Waals surface area contributed by atoms with Gasteiger partial charge in [-0.25, -0.2) is 9.79 Å². The Morgan fingerprint density at radius 2 is 1.94 bits per heavy atom. The molecule has 2 aromatic rings. The van der Waals surface area contributed by atoms with Gasteiger partial charge >= 0.3 is 5.97 Å². The van der Waals surface area contributed by atoms with Crippen molar-refractivity contribution in [2.24, 2.45) is 4.99 Å². The summed E-state index contributed by atoms with van der Waals surface area (Å²) in [7, 11) is 0. The van der Waals surface area contributed by atoms with Crippen LogP contribution in [0.4, 0.5) is 11.4 Å². The predicted molar refractivity (Wildman–Crippen MR) is 127 cm³/mol. The van der Waals surface area contributed by atoms with Crippen molar-refractivity contribution in [3.8, 4) is 0 Å². The predicted octanol–water partition coefficient (Wildman–Crippen LogP) is 4.66. The maximum atomic E-state index is 12.8. The molecule has 0 aliphatic carbocycles. The number of esters is 1. The Morgan fingerprint density at radius 3 is 2.56 bits per heavy atom. The maximum absolute atomic E-state index is 12.8. The van der Waals surface area contributed by atoms with Crippen LogP contribution in [0.25, 0.3) is 0 Å². The number of carbonyl (C=O) groups excluding carboxylic acids is 3. The fourth-order valence-electron chi connectivity index (χ4n) is 2.90. The fraction of sp³-hybridized carbons (Fsp3) is 0.217. The molecule has 0 saturated carbocycles. The minimum Gasteiger partial charge on any atom is -0.462 e. The molecule has 0 bridgehead atoms. The first-order valence-corrected chi connectivity index (χ1v) is 11.2. The average molecular weight is 472 g/mol. The number of nitrogens with zero attached hydrogens (tertiary/aromatic N) is 2. The molecule has 0 spiro atoms. The smallest absolute Gasteiger partial charge is 0.338 e. The van der Waals surface area contributed by atoms with E-state index >= 15 is 0 Å². The molecule has 1 atom stereocenters. The molecule has 1 aliphatic rings. The summed E-state index contributed by atoms with van der Waals surface area (Å²) in [5.74, 6) is -0.933. The number of thioether (sulfide) groups is 1. The number of ether oxygens (including phenoxy) is 1. The van der Waals surface area contributed by atoms with Crippen molar-refractivity contribution >= 4 is 57.7 Å². The van der Waals surface area contributed by atoms with Crippen LogP contribution in [0.1, 0.15) is 23.7 Å². The third-order valence-corrected chi connectivity index (χ3v) is 5.90. The van der Waals surface area contributed by atoms with Crippen molar-refractivity contribution in [1.82, 2.24) is 4.90 Å². The van der Waals surface area contributed by atoms with E-state index in [-0.39, 0.29) is 31.4 Å². The highest BCUT2D eigenvalue weighted by Crippen LogP contribution is 2.30. The van der Waals surface area contributed by atoms with Crippen LogP contribution in [0.15, 0.2) is 66.2 Å². The lowest BCUT2D eigenvalue weighted by Gasteiger charge is -2.31. The van der Waals surface area contributed by atoms with Gasteiger partial charge in [0.15, 0.2) is 5.17 Å². The summed E-state index contributed by atoms with van der Waals surface area (Å²) in [5, 5.41) is 3.12. The maximum Gasteiger partial charge on any atom is 0.338 e. The summed E-state index contributed by atoms with van der Waals surface area (Å²) in [6.07, 6.45) is 1.64. The highest BCUT2D eigenvalue weighted by atomic mass is 35.5. The van der Waals surface area contributed by atoms with E-state index in [9.17, 15) is 14.4 Å². The first-order chi connectivity index (χ1) is 15.4. The van der Waals surface area contributed by atoms with E-state index in [1.807, 2.05) is 0 Å². The van der Waals surface area contributed by atoms with Crippen molar-refractivity contribution in [2.75, 3.05) is 18.5 Å². The van der Waals surface area contributed by atoms with Crippen LogP contribution in [0.5, 0.6) is 0 Å².